The summed E-state index contributed by atoms with van der Waals surface area (Å²) in [5, 5.41) is 2.52. The van der Waals surface area contributed by atoms with E-state index in [1.165, 1.54) is 24.3 Å². The molecule has 0 unspecified atom stereocenters. The van der Waals surface area contributed by atoms with E-state index < -0.39 is 0 Å². The van der Waals surface area contributed by atoms with Crippen molar-refractivity contribution in [1.82, 2.24) is 19.1 Å². The summed E-state index contributed by atoms with van der Waals surface area (Å²) in [5.41, 5.74) is 1.18. The van der Waals surface area contributed by atoms with Gasteiger partial charge in [-0.05, 0) is 18.8 Å². The Kier molecular flexibility index (Phi) is 2.62. The van der Waals surface area contributed by atoms with Gasteiger partial charge in [-0.25, -0.2) is 9.78 Å². The minimum Gasteiger partial charge on any atom is -0.295 e. The van der Waals surface area contributed by atoms with Crippen LogP contribution < -0.4 is 11.0 Å². The van der Waals surface area contributed by atoms with E-state index in [2.05, 4.69) is 15.3 Å². The predicted molar refractivity (Wildman–Crippen MR) is 69.8 cm³/mol. The Morgan fingerprint density at radius 3 is 2.89 bits per heavy atom. The van der Waals surface area contributed by atoms with Crippen molar-refractivity contribution in [2.75, 3.05) is 5.32 Å². The lowest BCUT2D eigenvalue weighted by Gasteiger charge is -2.02. The molecule has 0 radical (unpaired) electrons. The second-order valence-electron chi connectivity index (χ2n) is 4.98. The smallest absolute Gasteiger partial charge is 0.295 e. The largest absolute Gasteiger partial charge is 0.330 e. The molecule has 1 fully saturated rings. The van der Waals surface area contributed by atoms with Gasteiger partial charge in [-0.3, -0.25) is 19.2 Å². The molecule has 100 valence electrons. The first-order valence-corrected chi connectivity index (χ1v) is 6.26. The Labute approximate surface area is 109 Å². The van der Waals surface area contributed by atoms with Crippen molar-refractivity contribution in [1.29, 1.82) is 0 Å². The normalized spacial score (nSPS) is 14.8. The Hall–Kier alpha value is -2.18. The fourth-order valence-electron chi connectivity index (χ4n) is 2.13. The number of aryl methyl sites for hydroxylation is 1. The van der Waals surface area contributed by atoms with Crippen LogP contribution in [-0.2, 0) is 18.4 Å². The zero-order valence-electron chi connectivity index (χ0n) is 10.9. The van der Waals surface area contributed by atoms with Crippen molar-refractivity contribution >= 4 is 23.0 Å². The van der Waals surface area contributed by atoms with Crippen LogP contribution in [0.2, 0.25) is 0 Å². The number of carbonyl (C=O) groups excluding carboxylic acids is 1. The van der Waals surface area contributed by atoms with Crippen molar-refractivity contribution in [2.45, 2.75) is 26.3 Å². The summed E-state index contributed by atoms with van der Waals surface area (Å²) in [4.78, 5) is 31.4. The van der Waals surface area contributed by atoms with Gasteiger partial charge in [-0.2, -0.15) is 4.98 Å². The first-order chi connectivity index (χ1) is 9.06. The van der Waals surface area contributed by atoms with Crippen LogP contribution in [-0.4, -0.2) is 25.0 Å². The van der Waals surface area contributed by atoms with Gasteiger partial charge in [0.2, 0.25) is 11.9 Å². The number of imidazole rings is 1. The highest BCUT2D eigenvalue weighted by atomic mass is 16.2. The lowest BCUT2D eigenvalue weighted by atomic mass is 10.4. The highest BCUT2D eigenvalue weighted by Gasteiger charge is 2.24. The molecular formula is C12H15N5O2. The van der Waals surface area contributed by atoms with E-state index in [0.717, 1.165) is 6.54 Å². The van der Waals surface area contributed by atoms with E-state index in [-0.39, 0.29) is 17.5 Å². The van der Waals surface area contributed by atoms with E-state index in [9.17, 15) is 9.59 Å². The van der Waals surface area contributed by atoms with E-state index in [4.69, 9.17) is 0 Å². The van der Waals surface area contributed by atoms with Gasteiger partial charge in [0, 0.05) is 20.5 Å². The Morgan fingerprint density at radius 2 is 2.26 bits per heavy atom. The van der Waals surface area contributed by atoms with Gasteiger partial charge >= 0.3 is 5.69 Å². The average Bonchev–Trinajstić information content (AvgIpc) is 3.14. The molecule has 0 bridgehead atoms. The summed E-state index contributed by atoms with van der Waals surface area (Å²) in [6.07, 6.45) is 3.94. The minimum absolute atomic E-state index is 0.0869. The van der Waals surface area contributed by atoms with Gasteiger partial charge < -0.3 is 0 Å². The molecule has 2 aromatic rings. The van der Waals surface area contributed by atoms with Gasteiger partial charge in [0.05, 0.1) is 6.20 Å². The topological polar surface area (TPSA) is 81.8 Å². The molecule has 2 heterocycles. The third-order valence-electron chi connectivity index (χ3n) is 3.30. The lowest BCUT2D eigenvalue weighted by Crippen LogP contribution is -2.22. The first-order valence-electron chi connectivity index (χ1n) is 6.26. The molecular weight excluding hydrogens is 246 g/mol. The first kappa shape index (κ1) is 11.9. The number of hydrogen-bond donors (Lipinski definition) is 1. The third kappa shape index (κ3) is 2.11. The Balaban J connectivity index is 2.10. The fraction of sp³-hybridized carbons (Fsp3) is 0.500. The van der Waals surface area contributed by atoms with Crippen molar-refractivity contribution in [3.05, 3.63) is 16.7 Å². The average molecular weight is 261 g/mol. The molecule has 1 aliphatic carbocycles. The maximum atomic E-state index is 12.2. The maximum Gasteiger partial charge on any atom is 0.330 e. The predicted octanol–water partition coefficient (Wildman–Crippen LogP) is 0.498. The van der Waals surface area contributed by atoms with E-state index in [0.29, 0.717) is 17.1 Å². The molecule has 2 aromatic heterocycles. The zero-order chi connectivity index (χ0) is 13.6. The van der Waals surface area contributed by atoms with Crippen molar-refractivity contribution in [2.24, 2.45) is 13.0 Å². The molecule has 0 spiro atoms. The number of aromatic nitrogens is 4. The van der Waals surface area contributed by atoms with Crippen LogP contribution in [0.15, 0.2) is 11.0 Å². The van der Waals surface area contributed by atoms with Crippen LogP contribution in [0.3, 0.4) is 0 Å². The van der Waals surface area contributed by atoms with Gasteiger partial charge in [0.25, 0.3) is 0 Å². The molecule has 1 saturated carbocycles. The van der Waals surface area contributed by atoms with Crippen LogP contribution in [0.4, 0.5) is 5.95 Å². The van der Waals surface area contributed by atoms with Crippen molar-refractivity contribution in [3.63, 3.8) is 0 Å². The number of amides is 1. The van der Waals surface area contributed by atoms with Gasteiger partial charge in [0.1, 0.15) is 5.52 Å². The van der Waals surface area contributed by atoms with Crippen LogP contribution in [0, 0.1) is 5.92 Å². The number of anilines is 1. The van der Waals surface area contributed by atoms with Crippen molar-refractivity contribution < 1.29 is 4.79 Å². The fourth-order valence-corrected chi connectivity index (χ4v) is 2.13. The molecule has 0 saturated heterocycles. The summed E-state index contributed by atoms with van der Waals surface area (Å²) in [6, 6.07) is 0. The van der Waals surface area contributed by atoms with E-state index in [1.54, 1.807) is 17.8 Å². The van der Waals surface area contributed by atoms with Crippen LogP contribution in [0.25, 0.3) is 11.2 Å². The molecule has 1 aliphatic rings. The number of hydrogen-bond acceptors (Lipinski definition) is 4. The second kappa shape index (κ2) is 4.18. The number of nitrogens with one attached hydrogen (secondary N) is 1. The summed E-state index contributed by atoms with van der Waals surface area (Å²) in [5.74, 6) is 0.583. The number of rotatable bonds is 3. The molecule has 7 heteroatoms. The summed E-state index contributed by atoms with van der Waals surface area (Å²) in [7, 11) is 1.68. The van der Waals surface area contributed by atoms with E-state index >= 15 is 0 Å². The highest BCUT2D eigenvalue weighted by molar-refractivity contribution is 5.87. The molecule has 3 rings (SSSR count). The summed E-state index contributed by atoms with van der Waals surface area (Å²) < 4.78 is 3.20. The van der Waals surface area contributed by atoms with Gasteiger partial charge in [-0.1, -0.05) is 0 Å². The summed E-state index contributed by atoms with van der Waals surface area (Å²) >= 11 is 0. The lowest BCUT2D eigenvalue weighted by molar-refractivity contribution is -0.114. The SMILES string of the molecule is CC(=O)Nc1ncc2c(n1)n(C)c(=O)n2CC1CC1. The summed E-state index contributed by atoms with van der Waals surface area (Å²) in [6.45, 7) is 2.11. The zero-order valence-corrected chi connectivity index (χ0v) is 10.9. The molecule has 1 N–H and O–H groups in total. The van der Waals surface area contributed by atoms with Gasteiger partial charge in [-0.15, -0.1) is 0 Å². The monoisotopic (exact) mass is 261 g/mol. The molecule has 19 heavy (non-hydrogen) atoms. The highest BCUT2D eigenvalue weighted by Crippen LogP contribution is 2.31. The molecule has 0 atom stereocenters. The van der Waals surface area contributed by atoms with Gasteiger partial charge in [0.15, 0.2) is 5.65 Å². The number of carbonyl (C=O) groups is 1. The van der Waals surface area contributed by atoms with Crippen LogP contribution >= 0.6 is 0 Å². The third-order valence-corrected chi connectivity index (χ3v) is 3.30. The number of nitrogens with zero attached hydrogens (tertiary/aromatic N) is 4. The van der Waals surface area contributed by atoms with Crippen LogP contribution in [0.5, 0.6) is 0 Å². The van der Waals surface area contributed by atoms with Crippen LogP contribution in [0.1, 0.15) is 19.8 Å². The second-order valence-corrected chi connectivity index (χ2v) is 4.98. The molecule has 0 aromatic carbocycles. The van der Waals surface area contributed by atoms with Crippen molar-refractivity contribution in [3.8, 4) is 0 Å². The molecule has 7 nitrogen and oxygen atoms in total. The number of fused-ring (bicyclic) bond motifs is 1. The quantitative estimate of drug-likeness (QED) is 0.872. The Bertz CT molecular complexity index is 711. The molecule has 1 amide bonds. The Morgan fingerprint density at radius 1 is 1.53 bits per heavy atom. The standard InChI is InChI=1S/C12H15N5O2/c1-7(18)14-11-13-5-9-10(15-11)16(2)12(19)17(9)6-8-3-4-8/h5,8H,3-4,6H2,1-2H3,(H,13,14,15,18). The van der Waals surface area contributed by atoms with E-state index in [1.807, 2.05) is 0 Å². The molecule has 0 aliphatic heterocycles. The maximum absolute atomic E-state index is 12.2. The minimum atomic E-state index is -0.234.